The smallest absolute Gasteiger partial charge is 0.251 e. The molecule has 0 aromatic heterocycles. The van der Waals surface area contributed by atoms with Crippen LogP contribution in [0.3, 0.4) is 0 Å². The fraction of sp³-hybridized carbons (Fsp3) is 0.533. The van der Waals surface area contributed by atoms with E-state index in [1.807, 2.05) is 24.3 Å². The third-order valence-electron chi connectivity index (χ3n) is 3.07. The number of halogens is 1. The van der Waals surface area contributed by atoms with Crippen LogP contribution in [0.15, 0.2) is 28.7 Å². The molecule has 0 unspecified atom stereocenters. The molecule has 0 bridgehead atoms. The first-order valence-corrected chi connectivity index (χ1v) is 7.50. The molecule has 0 heterocycles. The lowest BCUT2D eigenvalue weighted by atomic mass is 10.2. The summed E-state index contributed by atoms with van der Waals surface area (Å²) in [5.74, 6) is -0.0197. The Balaban J connectivity index is 2.47. The normalized spacial score (nSPS) is 11.4. The van der Waals surface area contributed by atoms with Gasteiger partial charge in [-0.2, -0.15) is 0 Å². The molecule has 0 fully saturated rings. The molecule has 0 aliphatic rings. The van der Waals surface area contributed by atoms with Gasteiger partial charge in [-0.05, 0) is 45.9 Å². The minimum atomic E-state index is -0.0197. The van der Waals surface area contributed by atoms with Crippen LogP contribution in [0.2, 0.25) is 0 Å². The van der Waals surface area contributed by atoms with Crippen molar-refractivity contribution in [3.05, 3.63) is 34.3 Å². The first-order valence-electron chi connectivity index (χ1n) is 6.71. The van der Waals surface area contributed by atoms with Gasteiger partial charge in [-0.1, -0.05) is 22.0 Å². The number of carbonyl (C=O) groups is 1. The minimum absolute atomic E-state index is 0.0197. The molecule has 1 aromatic rings. The third kappa shape index (κ3) is 5.33. The number of rotatable bonds is 6. The Morgan fingerprint density at radius 1 is 1.26 bits per heavy atom. The van der Waals surface area contributed by atoms with Crippen LogP contribution in [0.5, 0.6) is 0 Å². The van der Waals surface area contributed by atoms with E-state index in [4.69, 9.17) is 0 Å². The summed E-state index contributed by atoms with van der Waals surface area (Å²) in [7, 11) is 0. The van der Waals surface area contributed by atoms with Crippen molar-refractivity contribution in [2.45, 2.75) is 39.8 Å². The highest BCUT2D eigenvalue weighted by atomic mass is 79.9. The minimum Gasteiger partial charge on any atom is -0.351 e. The Kier molecular flexibility index (Phi) is 6.52. The van der Waals surface area contributed by atoms with Crippen LogP contribution < -0.4 is 5.32 Å². The van der Waals surface area contributed by atoms with Crippen LogP contribution in [0.4, 0.5) is 0 Å². The van der Waals surface area contributed by atoms with Crippen molar-refractivity contribution in [2.24, 2.45) is 0 Å². The highest BCUT2D eigenvalue weighted by Crippen LogP contribution is 2.11. The second kappa shape index (κ2) is 7.65. The third-order valence-corrected chi connectivity index (χ3v) is 3.56. The fourth-order valence-electron chi connectivity index (χ4n) is 2.14. The summed E-state index contributed by atoms with van der Waals surface area (Å²) in [4.78, 5) is 14.3. The predicted octanol–water partition coefficient (Wildman–Crippen LogP) is 3.30. The van der Waals surface area contributed by atoms with Gasteiger partial charge in [-0.25, -0.2) is 0 Å². The second-order valence-electron chi connectivity index (χ2n) is 5.19. The first-order chi connectivity index (χ1) is 8.91. The van der Waals surface area contributed by atoms with Gasteiger partial charge in [0.05, 0.1) is 0 Å². The van der Waals surface area contributed by atoms with Crippen LogP contribution >= 0.6 is 15.9 Å². The molecule has 0 radical (unpaired) electrons. The number of amides is 1. The van der Waals surface area contributed by atoms with Crippen molar-refractivity contribution in [2.75, 3.05) is 13.1 Å². The molecule has 19 heavy (non-hydrogen) atoms. The van der Waals surface area contributed by atoms with Gasteiger partial charge in [-0.15, -0.1) is 0 Å². The van der Waals surface area contributed by atoms with Gasteiger partial charge in [0, 0.05) is 35.2 Å². The van der Waals surface area contributed by atoms with Gasteiger partial charge in [0.2, 0.25) is 0 Å². The molecule has 0 spiro atoms. The zero-order chi connectivity index (χ0) is 14.4. The lowest BCUT2D eigenvalue weighted by Crippen LogP contribution is -2.42. The second-order valence-corrected chi connectivity index (χ2v) is 6.11. The van der Waals surface area contributed by atoms with E-state index >= 15 is 0 Å². The maximum Gasteiger partial charge on any atom is 0.251 e. The van der Waals surface area contributed by atoms with E-state index in [0.29, 0.717) is 24.2 Å². The molecule has 1 aromatic carbocycles. The number of carbonyl (C=O) groups excluding carboxylic acids is 1. The van der Waals surface area contributed by atoms with E-state index in [9.17, 15) is 4.79 Å². The van der Waals surface area contributed by atoms with E-state index in [0.717, 1.165) is 11.0 Å². The zero-order valence-electron chi connectivity index (χ0n) is 12.1. The average molecular weight is 327 g/mol. The van der Waals surface area contributed by atoms with Gasteiger partial charge in [0.1, 0.15) is 0 Å². The van der Waals surface area contributed by atoms with Crippen molar-refractivity contribution in [1.29, 1.82) is 0 Å². The van der Waals surface area contributed by atoms with Gasteiger partial charge < -0.3 is 5.32 Å². The summed E-state index contributed by atoms with van der Waals surface area (Å²) in [5.41, 5.74) is 0.690. The van der Waals surface area contributed by atoms with Crippen LogP contribution in [0.25, 0.3) is 0 Å². The average Bonchev–Trinajstić information content (AvgIpc) is 2.33. The Labute approximate surface area is 124 Å². The van der Waals surface area contributed by atoms with Crippen molar-refractivity contribution in [3.63, 3.8) is 0 Å². The van der Waals surface area contributed by atoms with E-state index in [1.54, 1.807) is 0 Å². The van der Waals surface area contributed by atoms with Crippen LogP contribution in [0.1, 0.15) is 38.1 Å². The van der Waals surface area contributed by atoms with Gasteiger partial charge in [0.25, 0.3) is 5.91 Å². The summed E-state index contributed by atoms with van der Waals surface area (Å²) >= 11 is 3.37. The zero-order valence-corrected chi connectivity index (χ0v) is 13.7. The molecule has 3 nitrogen and oxygen atoms in total. The van der Waals surface area contributed by atoms with Gasteiger partial charge in [0.15, 0.2) is 0 Å². The standard InChI is InChI=1S/C15H23BrN2O/c1-11(2)18(12(3)4)9-8-17-15(19)13-6-5-7-14(16)10-13/h5-7,10-12H,8-9H2,1-4H3,(H,17,19). The molecule has 1 N–H and O–H groups in total. The monoisotopic (exact) mass is 326 g/mol. The van der Waals surface area contributed by atoms with Gasteiger partial charge in [-0.3, -0.25) is 9.69 Å². The maximum absolute atomic E-state index is 12.0. The molecule has 1 rings (SSSR count). The number of nitrogens with one attached hydrogen (secondary N) is 1. The molecule has 106 valence electrons. The van der Waals surface area contributed by atoms with Crippen LogP contribution in [-0.2, 0) is 0 Å². The highest BCUT2D eigenvalue weighted by Gasteiger charge is 2.13. The lowest BCUT2D eigenvalue weighted by Gasteiger charge is -2.30. The molecule has 0 aliphatic heterocycles. The Bertz CT molecular complexity index is 410. The summed E-state index contributed by atoms with van der Waals surface area (Å²) in [6.07, 6.45) is 0. The first kappa shape index (κ1) is 16.2. The molecule has 0 saturated heterocycles. The SMILES string of the molecule is CC(C)N(CCNC(=O)c1cccc(Br)c1)C(C)C. The highest BCUT2D eigenvalue weighted by molar-refractivity contribution is 9.10. The van der Waals surface area contributed by atoms with Crippen molar-refractivity contribution in [1.82, 2.24) is 10.2 Å². The largest absolute Gasteiger partial charge is 0.351 e. The van der Waals surface area contributed by atoms with Crippen molar-refractivity contribution < 1.29 is 4.79 Å². The number of benzene rings is 1. The molecular formula is C15H23BrN2O. The van der Waals surface area contributed by atoms with Crippen molar-refractivity contribution >= 4 is 21.8 Å². The molecular weight excluding hydrogens is 304 g/mol. The summed E-state index contributed by atoms with van der Waals surface area (Å²) in [5, 5.41) is 2.96. The molecule has 0 atom stereocenters. The number of nitrogens with zero attached hydrogens (tertiary/aromatic N) is 1. The summed E-state index contributed by atoms with van der Waals surface area (Å²) < 4.78 is 0.922. The van der Waals surface area contributed by atoms with Crippen molar-refractivity contribution in [3.8, 4) is 0 Å². The van der Waals surface area contributed by atoms with E-state index in [1.165, 1.54) is 0 Å². The van der Waals surface area contributed by atoms with Gasteiger partial charge >= 0.3 is 0 Å². The van der Waals surface area contributed by atoms with E-state index in [-0.39, 0.29) is 5.91 Å². The fourth-order valence-corrected chi connectivity index (χ4v) is 2.54. The lowest BCUT2D eigenvalue weighted by molar-refractivity contribution is 0.0939. The van der Waals surface area contributed by atoms with E-state index in [2.05, 4.69) is 53.8 Å². The topological polar surface area (TPSA) is 32.3 Å². The predicted molar refractivity (Wildman–Crippen MR) is 83.5 cm³/mol. The van der Waals surface area contributed by atoms with Crippen LogP contribution in [-0.4, -0.2) is 36.0 Å². The molecule has 4 heteroatoms. The quantitative estimate of drug-likeness (QED) is 0.869. The van der Waals surface area contributed by atoms with Crippen LogP contribution in [0, 0.1) is 0 Å². The molecule has 0 saturated carbocycles. The number of hydrogen-bond donors (Lipinski definition) is 1. The summed E-state index contributed by atoms with van der Waals surface area (Å²) in [6, 6.07) is 8.41. The molecule has 1 amide bonds. The summed E-state index contributed by atoms with van der Waals surface area (Å²) in [6.45, 7) is 10.2. The Morgan fingerprint density at radius 2 is 1.89 bits per heavy atom. The Morgan fingerprint density at radius 3 is 2.42 bits per heavy atom. The number of hydrogen-bond acceptors (Lipinski definition) is 2. The van der Waals surface area contributed by atoms with E-state index < -0.39 is 0 Å². The molecule has 0 aliphatic carbocycles. The Hall–Kier alpha value is -0.870. The maximum atomic E-state index is 12.0.